The molecule has 8 nitrogen and oxygen atoms in total. The molecule has 1 fully saturated rings. The first kappa shape index (κ1) is 15.2. The van der Waals surface area contributed by atoms with E-state index in [-0.39, 0.29) is 6.61 Å². The molecule has 0 aliphatic carbocycles. The number of nitrogens with two attached hydrogens (primary N) is 1. The first-order chi connectivity index (χ1) is 8.97. The zero-order valence-electron chi connectivity index (χ0n) is 10.8. The SMILES string of the molecule is COCC(NC(=O)N1CCCCC1C(N)=O)C(=O)O. The van der Waals surface area contributed by atoms with Crippen LogP contribution in [0.15, 0.2) is 0 Å². The van der Waals surface area contributed by atoms with E-state index in [4.69, 9.17) is 15.6 Å². The normalized spacial score (nSPS) is 20.7. The Kier molecular flexibility index (Phi) is 5.56. The molecular formula is C11H19N3O5. The maximum Gasteiger partial charge on any atom is 0.328 e. The third kappa shape index (κ3) is 4.09. The van der Waals surface area contributed by atoms with Gasteiger partial charge in [-0.15, -0.1) is 0 Å². The third-order valence-electron chi connectivity index (χ3n) is 3.02. The maximum atomic E-state index is 12.0. The molecule has 0 aromatic carbocycles. The predicted octanol–water partition coefficient (Wildman–Crippen LogP) is -0.865. The minimum Gasteiger partial charge on any atom is -0.480 e. The van der Waals surface area contributed by atoms with Gasteiger partial charge in [0.15, 0.2) is 6.04 Å². The van der Waals surface area contributed by atoms with Crippen molar-refractivity contribution >= 4 is 17.9 Å². The van der Waals surface area contributed by atoms with Crippen LogP contribution in [-0.4, -0.2) is 60.3 Å². The molecule has 3 amide bonds. The van der Waals surface area contributed by atoms with Crippen LogP contribution in [0.5, 0.6) is 0 Å². The Morgan fingerprint density at radius 1 is 1.47 bits per heavy atom. The number of methoxy groups -OCH3 is 1. The molecule has 1 heterocycles. The highest BCUT2D eigenvalue weighted by Gasteiger charge is 2.32. The van der Waals surface area contributed by atoms with Crippen LogP contribution in [0.3, 0.4) is 0 Å². The summed E-state index contributed by atoms with van der Waals surface area (Å²) in [4.78, 5) is 35.5. The minimum absolute atomic E-state index is 0.143. The number of piperidine rings is 1. The molecule has 1 aliphatic heterocycles. The van der Waals surface area contributed by atoms with Gasteiger partial charge in [0.25, 0.3) is 0 Å². The van der Waals surface area contributed by atoms with E-state index >= 15 is 0 Å². The van der Waals surface area contributed by atoms with Gasteiger partial charge in [-0.25, -0.2) is 9.59 Å². The molecule has 0 spiro atoms. The molecule has 0 bridgehead atoms. The fraction of sp³-hybridized carbons (Fsp3) is 0.727. The summed E-state index contributed by atoms with van der Waals surface area (Å²) in [6.45, 7) is 0.245. The van der Waals surface area contributed by atoms with Crippen LogP contribution >= 0.6 is 0 Å². The number of rotatable bonds is 5. The first-order valence-electron chi connectivity index (χ1n) is 6.05. The second-order valence-corrected chi connectivity index (χ2v) is 4.40. The number of nitrogens with zero attached hydrogens (tertiary/aromatic N) is 1. The van der Waals surface area contributed by atoms with Gasteiger partial charge < -0.3 is 25.8 Å². The average Bonchev–Trinajstić information content (AvgIpc) is 2.37. The van der Waals surface area contributed by atoms with Crippen molar-refractivity contribution in [2.24, 2.45) is 5.73 Å². The fourth-order valence-corrected chi connectivity index (χ4v) is 2.04. The highest BCUT2D eigenvalue weighted by atomic mass is 16.5. The third-order valence-corrected chi connectivity index (χ3v) is 3.02. The molecule has 19 heavy (non-hydrogen) atoms. The van der Waals surface area contributed by atoms with Crippen LogP contribution in [0.25, 0.3) is 0 Å². The van der Waals surface area contributed by atoms with Crippen LogP contribution in [-0.2, 0) is 14.3 Å². The van der Waals surface area contributed by atoms with Crippen molar-refractivity contribution in [2.45, 2.75) is 31.3 Å². The molecule has 0 aromatic rings. The summed E-state index contributed by atoms with van der Waals surface area (Å²) < 4.78 is 4.72. The van der Waals surface area contributed by atoms with Gasteiger partial charge in [0.2, 0.25) is 5.91 Å². The number of nitrogens with one attached hydrogen (secondary N) is 1. The van der Waals surface area contributed by atoms with Crippen molar-refractivity contribution in [1.29, 1.82) is 0 Å². The Hall–Kier alpha value is -1.83. The van der Waals surface area contributed by atoms with Crippen molar-refractivity contribution < 1.29 is 24.2 Å². The number of primary amides is 1. The fourth-order valence-electron chi connectivity index (χ4n) is 2.04. The van der Waals surface area contributed by atoms with Crippen LogP contribution in [0.1, 0.15) is 19.3 Å². The monoisotopic (exact) mass is 273 g/mol. The molecule has 1 saturated heterocycles. The molecule has 2 atom stereocenters. The van der Waals surface area contributed by atoms with Crippen molar-refractivity contribution in [3.63, 3.8) is 0 Å². The molecule has 0 radical (unpaired) electrons. The lowest BCUT2D eigenvalue weighted by Crippen LogP contribution is -2.57. The summed E-state index contributed by atoms with van der Waals surface area (Å²) in [5.74, 6) is -1.77. The number of likely N-dealkylation sites (tertiary alicyclic amines) is 1. The number of carbonyl (C=O) groups excluding carboxylic acids is 2. The maximum absolute atomic E-state index is 12.0. The molecule has 2 unspecified atom stereocenters. The Labute approximate surface area is 110 Å². The van der Waals surface area contributed by atoms with E-state index in [2.05, 4.69) is 5.32 Å². The highest BCUT2D eigenvalue weighted by molar-refractivity contribution is 5.88. The smallest absolute Gasteiger partial charge is 0.328 e. The summed E-state index contributed by atoms with van der Waals surface area (Å²) in [6.07, 6.45) is 2.09. The standard InChI is InChI=1S/C11H19N3O5/c1-19-6-7(10(16)17)13-11(18)14-5-3-2-4-8(14)9(12)15/h7-8H,2-6H2,1H3,(H2,12,15)(H,13,18)(H,16,17). The van der Waals surface area contributed by atoms with Gasteiger partial charge in [0.1, 0.15) is 6.04 Å². The quantitative estimate of drug-likeness (QED) is 0.601. The highest BCUT2D eigenvalue weighted by Crippen LogP contribution is 2.16. The van der Waals surface area contributed by atoms with Gasteiger partial charge in [-0.3, -0.25) is 4.79 Å². The first-order valence-corrected chi connectivity index (χ1v) is 6.05. The molecule has 0 aromatic heterocycles. The molecule has 108 valence electrons. The van der Waals surface area contributed by atoms with Crippen LogP contribution in [0.2, 0.25) is 0 Å². The Bertz CT molecular complexity index is 360. The van der Waals surface area contributed by atoms with Crippen LogP contribution in [0, 0.1) is 0 Å². The molecule has 0 saturated carbocycles. The van der Waals surface area contributed by atoms with Crippen molar-refractivity contribution in [3.05, 3.63) is 0 Å². The topological polar surface area (TPSA) is 122 Å². The summed E-state index contributed by atoms with van der Waals surface area (Å²) in [7, 11) is 1.34. The summed E-state index contributed by atoms with van der Waals surface area (Å²) in [5, 5.41) is 11.2. The van der Waals surface area contributed by atoms with E-state index in [1.54, 1.807) is 0 Å². The van der Waals surface area contributed by atoms with Gasteiger partial charge in [-0.05, 0) is 19.3 Å². The number of carboxylic acid groups (broad SMARTS) is 1. The number of hydrogen-bond donors (Lipinski definition) is 3. The van der Waals surface area contributed by atoms with E-state index in [0.717, 1.165) is 12.8 Å². The second kappa shape index (κ2) is 6.93. The van der Waals surface area contributed by atoms with Crippen molar-refractivity contribution in [2.75, 3.05) is 20.3 Å². The number of urea groups is 1. The molecule has 8 heteroatoms. The van der Waals surface area contributed by atoms with Gasteiger partial charge in [0.05, 0.1) is 6.61 Å². The Morgan fingerprint density at radius 3 is 2.68 bits per heavy atom. The largest absolute Gasteiger partial charge is 0.480 e. The molecule has 4 N–H and O–H groups in total. The van der Waals surface area contributed by atoms with E-state index in [0.29, 0.717) is 13.0 Å². The molecule has 1 rings (SSSR count). The number of hydrogen-bond acceptors (Lipinski definition) is 4. The van der Waals surface area contributed by atoms with Gasteiger partial charge >= 0.3 is 12.0 Å². The van der Waals surface area contributed by atoms with E-state index in [1.807, 2.05) is 0 Å². The Balaban J connectivity index is 2.68. The second-order valence-electron chi connectivity index (χ2n) is 4.40. The number of ether oxygens (including phenoxy) is 1. The predicted molar refractivity (Wildman–Crippen MR) is 65.4 cm³/mol. The average molecular weight is 273 g/mol. The lowest BCUT2D eigenvalue weighted by molar-refractivity contribution is -0.140. The van der Waals surface area contributed by atoms with E-state index in [1.165, 1.54) is 12.0 Å². The summed E-state index contributed by atoms with van der Waals surface area (Å²) in [5.41, 5.74) is 5.24. The van der Waals surface area contributed by atoms with Crippen LogP contribution in [0.4, 0.5) is 4.79 Å². The van der Waals surface area contributed by atoms with Gasteiger partial charge in [0, 0.05) is 13.7 Å². The Morgan fingerprint density at radius 2 is 2.16 bits per heavy atom. The molecule has 1 aliphatic rings. The zero-order valence-corrected chi connectivity index (χ0v) is 10.8. The van der Waals surface area contributed by atoms with E-state index < -0.39 is 30.0 Å². The summed E-state index contributed by atoms with van der Waals surface area (Å²) in [6, 6.07) is -2.42. The van der Waals surface area contributed by atoms with Crippen molar-refractivity contribution in [1.82, 2.24) is 10.2 Å². The van der Waals surface area contributed by atoms with Gasteiger partial charge in [-0.2, -0.15) is 0 Å². The zero-order chi connectivity index (χ0) is 14.4. The number of carboxylic acids is 1. The summed E-state index contributed by atoms with van der Waals surface area (Å²) >= 11 is 0. The lowest BCUT2D eigenvalue weighted by Gasteiger charge is -2.34. The minimum atomic E-state index is -1.19. The lowest BCUT2D eigenvalue weighted by atomic mass is 10.0. The molecular weight excluding hydrogens is 254 g/mol. The number of amides is 3. The van der Waals surface area contributed by atoms with Crippen LogP contribution < -0.4 is 11.1 Å². The number of carbonyl (C=O) groups is 3. The van der Waals surface area contributed by atoms with Crippen molar-refractivity contribution in [3.8, 4) is 0 Å². The number of aliphatic carboxylic acids is 1. The van der Waals surface area contributed by atoms with Gasteiger partial charge in [-0.1, -0.05) is 0 Å². The van der Waals surface area contributed by atoms with E-state index in [9.17, 15) is 14.4 Å².